The summed E-state index contributed by atoms with van der Waals surface area (Å²) in [5.41, 5.74) is 9.56. The molecule has 3 heterocycles. The molecule has 352 valence electrons. The molecule has 1 fully saturated rings. The minimum absolute atomic E-state index is 0.0302. The van der Waals surface area contributed by atoms with Crippen LogP contribution in [0.25, 0.3) is 0 Å². The number of esters is 2. The number of amides is 2. The summed E-state index contributed by atoms with van der Waals surface area (Å²) in [6.45, 7) is 9.39. The first-order chi connectivity index (χ1) is 31.3. The number of nitrogens with one attached hydrogen (secondary N) is 3. The van der Waals surface area contributed by atoms with Crippen LogP contribution in [0.1, 0.15) is 86.4 Å². The molecule has 67 heavy (non-hydrogen) atoms. The Hall–Kier alpha value is -7.32. The van der Waals surface area contributed by atoms with E-state index in [0.29, 0.717) is 30.0 Å². The van der Waals surface area contributed by atoms with Crippen LogP contribution in [0, 0.1) is 39.2 Å². The Bertz CT molecular complexity index is 2750. The average Bonchev–Trinajstić information content (AvgIpc) is 3.90. The first kappa shape index (κ1) is 50.7. The summed E-state index contributed by atoms with van der Waals surface area (Å²) in [6.07, 6.45) is 0.618. The summed E-state index contributed by atoms with van der Waals surface area (Å²) in [4.78, 5) is 77.4. The molecule has 0 spiro atoms. The van der Waals surface area contributed by atoms with Crippen molar-refractivity contribution in [3.05, 3.63) is 133 Å². The number of phenols is 1. The molecule has 0 unspecified atom stereocenters. The SMILES string of the molecule is CC(=O)C1CN(C(=O)C(C)(C)Cc2ccc(C(=O)Oc3ccc(C(=N)N)cc3F)s2)C1.CC(C)(Cc1ccc(C(=O)Oc2ccc(C(=N)N)cc2F)s1)C(=O)N[C@@H](C(=O)O)c1ccc(O)cc1. The number of carboxylic acid groups (broad SMARTS) is 1. The number of nitrogens with two attached hydrogens (primary N) is 2. The number of rotatable bonds is 16. The molecule has 20 heteroatoms. The van der Waals surface area contributed by atoms with E-state index in [9.17, 15) is 47.8 Å². The molecule has 2 aromatic heterocycles. The third-order valence-electron chi connectivity index (χ3n) is 10.5. The van der Waals surface area contributed by atoms with Gasteiger partial charge in [-0.2, -0.15) is 0 Å². The zero-order valence-electron chi connectivity index (χ0n) is 36.9. The molecular weight excluding hydrogens is 911 g/mol. The van der Waals surface area contributed by atoms with Crippen molar-refractivity contribution in [3.63, 3.8) is 0 Å². The zero-order chi connectivity index (χ0) is 49.5. The standard InChI is InChI=1S/C25H24FN3O6S.C22H24FN3O4S/c1-25(2,24(34)29-20(22(31)32)13-3-6-15(30)7-4-13)12-16-8-10-19(36-16)23(33)35-18-9-5-14(21(27)28)11-17(18)26;1-12(27)14-10-26(11-14)21(29)22(2,3)9-15-5-7-18(31-15)20(28)30-17-6-4-13(19(24)25)8-16(17)23/h3-11,20,30H,12H2,1-2H3,(H3,27,28)(H,29,34)(H,31,32);4-8,14H,9-11H2,1-3H3,(H3,24,25)/t20-;/m1./s1. The molecule has 0 bridgehead atoms. The number of aliphatic carboxylic acids is 1. The van der Waals surface area contributed by atoms with Gasteiger partial charge in [0.25, 0.3) is 0 Å². The fraction of sp³-hybridized carbons (Fsp3) is 0.277. The highest BCUT2D eigenvalue weighted by molar-refractivity contribution is 7.14. The Balaban J connectivity index is 0.000000254. The lowest BCUT2D eigenvalue weighted by atomic mass is 9.84. The molecule has 0 saturated carbocycles. The number of hydrogen-bond donors (Lipinski definition) is 7. The van der Waals surface area contributed by atoms with Crippen molar-refractivity contribution >= 4 is 69.9 Å². The van der Waals surface area contributed by atoms with Crippen molar-refractivity contribution in [3.8, 4) is 17.2 Å². The van der Waals surface area contributed by atoms with Gasteiger partial charge in [-0.1, -0.05) is 39.8 Å². The van der Waals surface area contributed by atoms with Gasteiger partial charge in [-0.25, -0.2) is 23.2 Å². The van der Waals surface area contributed by atoms with E-state index in [1.165, 1.54) is 72.9 Å². The number of phenolic OH excluding ortho intramolecular Hbond substituents is 1. The normalized spacial score (nSPS) is 13.0. The van der Waals surface area contributed by atoms with Crippen molar-refractivity contribution in [2.24, 2.45) is 28.2 Å². The van der Waals surface area contributed by atoms with Gasteiger partial charge >= 0.3 is 17.9 Å². The van der Waals surface area contributed by atoms with Crippen molar-refractivity contribution in [1.82, 2.24) is 10.2 Å². The average molecular weight is 959 g/mol. The smallest absolute Gasteiger partial charge is 0.353 e. The third kappa shape index (κ3) is 12.9. The number of thiophene rings is 2. The van der Waals surface area contributed by atoms with Crippen LogP contribution in [0.15, 0.2) is 84.9 Å². The number of nitrogen functional groups attached to an aromatic ring is 2. The number of ketones is 1. The maximum absolute atomic E-state index is 14.2. The Morgan fingerprint density at radius 3 is 1.60 bits per heavy atom. The second-order valence-electron chi connectivity index (χ2n) is 16.9. The predicted molar refractivity (Wildman–Crippen MR) is 246 cm³/mol. The first-order valence-electron chi connectivity index (χ1n) is 20.4. The van der Waals surface area contributed by atoms with Crippen LogP contribution < -0.4 is 26.3 Å². The number of carbonyl (C=O) groups excluding carboxylic acids is 5. The van der Waals surface area contributed by atoms with E-state index in [-0.39, 0.29) is 73.8 Å². The van der Waals surface area contributed by atoms with Crippen LogP contribution in [0.2, 0.25) is 0 Å². The summed E-state index contributed by atoms with van der Waals surface area (Å²) in [5, 5.41) is 36.2. The van der Waals surface area contributed by atoms with E-state index in [4.69, 9.17) is 31.8 Å². The second kappa shape index (κ2) is 20.9. The van der Waals surface area contributed by atoms with Crippen LogP contribution in [0.5, 0.6) is 17.2 Å². The number of halogens is 2. The summed E-state index contributed by atoms with van der Waals surface area (Å²) in [5.74, 6) is -6.12. The number of amidine groups is 2. The molecule has 6 rings (SSSR count). The van der Waals surface area contributed by atoms with Crippen molar-refractivity contribution in [1.29, 1.82) is 10.8 Å². The molecule has 1 aliphatic heterocycles. The Labute approximate surface area is 391 Å². The molecule has 1 atom stereocenters. The van der Waals surface area contributed by atoms with Gasteiger partial charge in [-0.05, 0) is 98.1 Å². The molecule has 5 aromatic rings. The van der Waals surface area contributed by atoms with E-state index in [1.807, 2.05) is 13.8 Å². The summed E-state index contributed by atoms with van der Waals surface area (Å²) in [6, 6.07) is 17.9. The largest absolute Gasteiger partial charge is 0.508 e. The lowest BCUT2D eigenvalue weighted by Gasteiger charge is -2.42. The topological polar surface area (TPSA) is 276 Å². The van der Waals surface area contributed by atoms with E-state index < -0.39 is 52.3 Å². The maximum atomic E-state index is 14.2. The summed E-state index contributed by atoms with van der Waals surface area (Å²) in [7, 11) is 0. The molecule has 9 N–H and O–H groups in total. The third-order valence-corrected chi connectivity index (χ3v) is 12.7. The van der Waals surface area contributed by atoms with Crippen LogP contribution >= 0.6 is 22.7 Å². The van der Waals surface area contributed by atoms with Crippen molar-refractivity contribution in [2.75, 3.05) is 13.1 Å². The molecule has 2 amide bonds. The molecular formula is C47H48F2N6O10S2. The van der Waals surface area contributed by atoms with Crippen LogP contribution in [0.4, 0.5) is 8.78 Å². The van der Waals surface area contributed by atoms with Gasteiger partial charge in [-0.3, -0.25) is 25.2 Å². The van der Waals surface area contributed by atoms with Gasteiger partial charge in [0.2, 0.25) is 11.8 Å². The number of ether oxygens (including phenoxy) is 2. The van der Waals surface area contributed by atoms with E-state index >= 15 is 0 Å². The van der Waals surface area contributed by atoms with Gasteiger partial charge in [0.05, 0.1) is 5.92 Å². The van der Waals surface area contributed by atoms with Gasteiger partial charge < -0.3 is 41.4 Å². The van der Waals surface area contributed by atoms with Crippen LogP contribution in [-0.2, 0) is 32.0 Å². The van der Waals surface area contributed by atoms with Gasteiger partial charge in [-0.15, -0.1) is 22.7 Å². The second-order valence-corrected chi connectivity index (χ2v) is 19.2. The number of carboxylic acids is 1. The zero-order valence-corrected chi connectivity index (χ0v) is 38.5. The molecule has 16 nitrogen and oxygen atoms in total. The highest BCUT2D eigenvalue weighted by Gasteiger charge is 2.40. The Morgan fingerprint density at radius 1 is 0.746 bits per heavy atom. The van der Waals surface area contributed by atoms with Crippen molar-refractivity contribution < 1.29 is 57.2 Å². The fourth-order valence-electron chi connectivity index (χ4n) is 6.61. The van der Waals surface area contributed by atoms with Gasteiger partial charge in [0.1, 0.15) is 33.0 Å². The number of nitrogens with zero attached hydrogens (tertiary/aromatic N) is 1. The van der Waals surface area contributed by atoms with E-state index in [1.54, 1.807) is 36.9 Å². The van der Waals surface area contributed by atoms with E-state index in [2.05, 4.69) is 5.32 Å². The van der Waals surface area contributed by atoms with Crippen molar-refractivity contribution in [2.45, 2.75) is 53.5 Å². The van der Waals surface area contributed by atoms with Crippen LogP contribution in [-0.4, -0.2) is 75.4 Å². The van der Waals surface area contributed by atoms with Crippen LogP contribution in [0.3, 0.4) is 0 Å². The predicted octanol–water partition coefficient (Wildman–Crippen LogP) is 6.61. The van der Waals surface area contributed by atoms with Gasteiger partial charge in [0, 0.05) is 44.8 Å². The number of hydrogen-bond acceptors (Lipinski definition) is 13. The summed E-state index contributed by atoms with van der Waals surface area (Å²) >= 11 is 2.25. The maximum Gasteiger partial charge on any atom is 0.353 e. The molecule has 3 aromatic carbocycles. The van der Waals surface area contributed by atoms with Gasteiger partial charge in [0.15, 0.2) is 29.2 Å². The number of benzene rings is 3. The molecule has 1 aliphatic rings. The Morgan fingerprint density at radius 2 is 1.19 bits per heavy atom. The lowest BCUT2D eigenvalue weighted by Crippen LogP contribution is -2.56. The Kier molecular flexibility index (Phi) is 15.8. The van der Waals surface area contributed by atoms with E-state index in [0.717, 1.165) is 28.3 Å². The highest BCUT2D eigenvalue weighted by Crippen LogP contribution is 2.33. The monoisotopic (exact) mass is 958 g/mol. The number of carbonyl (C=O) groups is 6. The summed E-state index contributed by atoms with van der Waals surface area (Å²) < 4.78 is 38.5. The number of aromatic hydroxyl groups is 1. The molecule has 0 radical (unpaired) electrons. The highest BCUT2D eigenvalue weighted by atomic mass is 32.1. The quantitative estimate of drug-likeness (QED) is 0.0238. The first-order valence-corrected chi connectivity index (χ1v) is 22.0. The fourth-order valence-corrected chi connectivity index (χ4v) is 8.83. The molecule has 0 aliphatic carbocycles. The minimum atomic E-state index is -1.31. The number of Topliss-reactive ketones (excluding diaryl/α,β-unsaturated/α-hetero) is 1. The number of likely N-dealkylation sites (tertiary alicyclic amines) is 1. The lowest BCUT2D eigenvalue weighted by molar-refractivity contribution is -0.149. The minimum Gasteiger partial charge on any atom is -0.508 e. The molecule has 1 saturated heterocycles.